The molecule has 1 heterocycles. The second kappa shape index (κ2) is 5.90. The molecule has 0 spiro atoms. The molecule has 0 aromatic rings. The van der Waals surface area contributed by atoms with Crippen LogP contribution in [0.15, 0.2) is 0 Å². The van der Waals surface area contributed by atoms with E-state index in [4.69, 9.17) is 4.74 Å². The lowest BCUT2D eigenvalue weighted by atomic mass is 9.84. The summed E-state index contributed by atoms with van der Waals surface area (Å²) in [6.45, 7) is 2.15. The monoisotopic (exact) mass is 269 g/mol. The molecule has 2 rings (SSSR count). The van der Waals surface area contributed by atoms with Crippen molar-refractivity contribution in [3.8, 4) is 0 Å². The van der Waals surface area contributed by atoms with E-state index in [0.717, 1.165) is 25.7 Å². The molecule has 0 radical (unpaired) electrons. The van der Waals surface area contributed by atoms with Crippen LogP contribution in [0.1, 0.15) is 39.0 Å². The van der Waals surface area contributed by atoms with Gasteiger partial charge in [-0.1, -0.05) is 19.8 Å². The fourth-order valence-electron chi connectivity index (χ4n) is 3.57. The third kappa shape index (κ3) is 2.76. The predicted octanol–water partition coefficient (Wildman–Crippen LogP) is 1.51. The first-order valence-corrected chi connectivity index (χ1v) is 7.10. The fourth-order valence-corrected chi connectivity index (χ4v) is 3.57. The number of carbonyl (C=O) groups is 2. The summed E-state index contributed by atoms with van der Waals surface area (Å²) in [7, 11) is 1.56. The molecule has 5 nitrogen and oxygen atoms in total. The molecular weight excluding hydrogens is 246 g/mol. The summed E-state index contributed by atoms with van der Waals surface area (Å²) in [5.41, 5.74) is 0. The van der Waals surface area contributed by atoms with E-state index in [-0.39, 0.29) is 17.9 Å². The van der Waals surface area contributed by atoms with Gasteiger partial charge in [0.05, 0.1) is 12.5 Å². The number of rotatable bonds is 4. The van der Waals surface area contributed by atoms with Gasteiger partial charge in [-0.25, -0.2) is 4.79 Å². The van der Waals surface area contributed by atoms with Crippen LogP contribution in [0.25, 0.3) is 0 Å². The Hall–Kier alpha value is -1.10. The summed E-state index contributed by atoms with van der Waals surface area (Å²) in [5, 5.41) is 9.37. The molecule has 0 aromatic carbocycles. The standard InChI is InChI=1S/C14H23NO4/c1-9(8-19-2)13(16)15-11-6-4-3-5-10(11)7-12(15)14(17)18/h9-12H,3-8H2,1-2H3,(H,17,18)/t9-,10-,11-,12-/m0/s1. The quantitative estimate of drug-likeness (QED) is 0.840. The van der Waals surface area contributed by atoms with Gasteiger partial charge in [-0.15, -0.1) is 0 Å². The van der Waals surface area contributed by atoms with Gasteiger partial charge in [0.1, 0.15) is 6.04 Å². The maximum absolute atomic E-state index is 12.5. The van der Waals surface area contributed by atoms with E-state index in [1.807, 2.05) is 0 Å². The summed E-state index contributed by atoms with van der Waals surface area (Å²) >= 11 is 0. The molecule has 2 fully saturated rings. The zero-order valence-electron chi connectivity index (χ0n) is 11.7. The molecule has 4 atom stereocenters. The lowest BCUT2D eigenvalue weighted by molar-refractivity contribution is -0.152. The minimum absolute atomic E-state index is 0.0661. The molecule has 108 valence electrons. The van der Waals surface area contributed by atoms with E-state index in [2.05, 4.69) is 0 Å². The first-order valence-electron chi connectivity index (χ1n) is 7.10. The normalized spacial score (nSPS) is 31.9. The Morgan fingerprint density at radius 2 is 2.05 bits per heavy atom. The lowest BCUT2D eigenvalue weighted by Crippen LogP contribution is -2.48. The van der Waals surface area contributed by atoms with Crippen LogP contribution in [0.3, 0.4) is 0 Å². The third-order valence-electron chi connectivity index (χ3n) is 4.47. The van der Waals surface area contributed by atoms with E-state index in [9.17, 15) is 14.7 Å². The van der Waals surface area contributed by atoms with Crippen LogP contribution in [0.2, 0.25) is 0 Å². The number of hydrogen-bond acceptors (Lipinski definition) is 3. The highest BCUT2D eigenvalue weighted by Gasteiger charge is 2.48. The Labute approximate surface area is 113 Å². The Morgan fingerprint density at radius 3 is 2.68 bits per heavy atom. The number of carbonyl (C=O) groups excluding carboxylic acids is 1. The molecular formula is C14H23NO4. The van der Waals surface area contributed by atoms with E-state index in [1.54, 1.807) is 18.9 Å². The van der Waals surface area contributed by atoms with E-state index >= 15 is 0 Å². The van der Waals surface area contributed by atoms with Gasteiger partial charge in [0.25, 0.3) is 0 Å². The summed E-state index contributed by atoms with van der Waals surface area (Å²) in [6, 6.07) is -0.512. The number of likely N-dealkylation sites (tertiary alicyclic amines) is 1. The van der Waals surface area contributed by atoms with Gasteiger partial charge >= 0.3 is 5.97 Å². The first kappa shape index (κ1) is 14.3. The molecule has 1 saturated heterocycles. The first-order chi connectivity index (χ1) is 9.06. The van der Waals surface area contributed by atoms with E-state index in [0.29, 0.717) is 18.9 Å². The van der Waals surface area contributed by atoms with Crippen molar-refractivity contribution in [3.05, 3.63) is 0 Å². The maximum Gasteiger partial charge on any atom is 0.326 e. The van der Waals surface area contributed by atoms with Crippen LogP contribution in [0.4, 0.5) is 0 Å². The molecule has 0 aromatic heterocycles. The molecule has 0 unspecified atom stereocenters. The number of carboxylic acid groups (broad SMARTS) is 1. The summed E-state index contributed by atoms with van der Waals surface area (Å²) < 4.78 is 5.02. The van der Waals surface area contributed by atoms with Crippen molar-refractivity contribution in [2.24, 2.45) is 11.8 Å². The van der Waals surface area contributed by atoms with Gasteiger partial charge in [0, 0.05) is 13.2 Å². The molecule has 2 aliphatic rings. The second-order valence-corrected chi connectivity index (χ2v) is 5.80. The van der Waals surface area contributed by atoms with Crippen molar-refractivity contribution in [1.82, 2.24) is 4.90 Å². The smallest absolute Gasteiger partial charge is 0.326 e. The fraction of sp³-hybridized carbons (Fsp3) is 0.857. The van der Waals surface area contributed by atoms with Crippen LogP contribution in [-0.2, 0) is 14.3 Å². The molecule has 1 aliphatic carbocycles. The lowest BCUT2D eigenvalue weighted by Gasteiger charge is -2.34. The van der Waals surface area contributed by atoms with Gasteiger partial charge in [-0.2, -0.15) is 0 Å². The van der Waals surface area contributed by atoms with Crippen LogP contribution < -0.4 is 0 Å². The van der Waals surface area contributed by atoms with Crippen molar-refractivity contribution in [3.63, 3.8) is 0 Å². The Bertz CT molecular complexity index is 357. The number of aliphatic carboxylic acids is 1. The van der Waals surface area contributed by atoms with Gasteiger partial charge < -0.3 is 14.7 Å². The zero-order chi connectivity index (χ0) is 14.0. The second-order valence-electron chi connectivity index (χ2n) is 5.80. The number of fused-ring (bicyclic) bond motifs is 1. The number of amides is 1. The minimum Gasteiger partial charge on any atom is -0.480 e. The largest absolute Gasteiger partial charge is 0.480 e. The topological polar surface area (TPSA) is 66.8 Å². The van der Waals surface area contributed by atoms with Crippen molar-refractivity contribution in [1.29, 1.82) is 0 Å². The highest BCUT2D eigenvalue weighted by Crippen LogP contribution is 2.40. The van der Waals surface area contributed by atoms with Gasteiger partial charge in [0.2, 0.25) is 5.91 Å². The van der Waals surface area contributed by atoms with E-state index < -0.39 is 12.0 Å². The number of carboxylic acids is 1. The molecule has 1 amide bonds. The molecule has 0 bridgehead atoms. The minimum atomic E-state index is -0.868. The Balaban J connectivity index is 2.17. The molecule has 1 N–H and O–H groups in total. The number of ether oxygens (including phenoxy) is 1. The van der Waals surface area contributed by atoms with Gasteiger partial charge in [-0.3, -0.25) is 4.79 Å². The van der Waals surface area contributed by atoms with Crippen LogP contribution >= 0.6 is 0 Å². The Morgan fingerprint density at radius 1 is 1.37 bits per heavy atom. The number of methoxy groups -OCH3 is 1. The van der Waals surface area contributed by atoms with Crippen molar-refractivity contribution < 1.29 is 19.4 Å². The predicted molar refractivity (Wildman–Crippen MR) is 69.7 cm³/mol. The summed E-state index contributed by atoms with van der Waals surface area (Å²) in [5.74, 6) is -0.836. The molecule has 19 heavy (non-hydrogen) atoms. The molecule has 1 saturated carbocycles. The van der Waals surface area contributed by atoms with Gasteiger partial charge in [0.15, 0.2) is 0 Å². The summed E-state index contributed by atoms with van der Waals surface area (Å²) in [6.07, 6.45) is 4.86. The Kier molecular flexibility index (Phi) is 4.45. The van der Waals surface area contributed by atoms with Crippen molar-refractivity contribution in [2.75, 3.05) is 13.7 Å². The van der Waals surface area contributed by atoms with E-state index in [1.165, 1.54) is 0 Å². The average Bonchev–Trinajstić information content (AvgIpc) is 2.77. The van der Waals surface area contributed by atoms with Crippen LogP contribution in [-0.4, -0.2) is 47.7 Å². The third-order valence-corrected chi connectivity index (χ3v) is 4.47. The van der Waals surface area contributed by atoms with Crippen molar-refractivity contribution >= 4 is 11.9 Å². The van der Waals surface area contributed by atoms with Crippen LogP contribution in [0, 0.1) is 11.8 Å². The number of hydrogen-bond donors (Lipinski definition) is 1. The van der Waals surface area contributed by atoms with Crippen LogP contribution in [0.5, 0.6) is 0 Å². The van der Waals surface area contributed by atoms with Crippen molar-refractivity contribution in [2.45, 2.75) is 51.1 Å². The molecule has 5 heteroatoms. The number of nitrogens with zero attached hydrogens (tertiary/aromatic N) is 1. The van der Waals surface area contributed by atoms with Gasteiger partial charge in [-0.05, 0) is 25.2 Å². The zero-order valence-corrected chi connectivity index (χ0v) is 11.7. The highest BCUT2D eigenvalue weighted by atomic mass is 16.5. The maximum atomic E-state index is 12.5. The SMILES string of the molecule is COC[C@H](C)C(=O)N1[C@H](C(=O)O)C[C@@H]2CCCC[C@@H]21. The molecule has 1 aliphatic heterocycles. The summed E-state index contributed by atoms with van der Waals surface area (Å²) in [4.78, 5) is 25.6. The highest BCUT2D eigenvalue weighted by molar-refractivity contribution is 5.86. The average molecular weight is 269 g/mol.